The Morgan fingerprint density at radius 2 is 2.17 bits per heavy atom. The number of carbonyl (C=O) groups is 1. The van der Waals surface area contributed by atoms with Crippen LogP contribution in [0, 0.1) is 0 Å². The molecule has 7 heteroatoms. The lowest BCUT2D eigenvalue weighted by Gasteiger charge is -2.10. The number of nitrogens with zero attached hydrogens (tertiary/aromatic N) is 1. The fourth-order valence-corrected chi connectivity index (χ4v) is 2.23. The van der Waals surface area contributed by atoms with Crippen LogP contribution in [0.5, 0.6) is 17.4 Å². The number of pyridine rings is 1. The van der Waals surface area contributed by atoms with Crippen LogP contribution in [0.15, 0.2) is 36.5 Å². The molecule has 0 aliphatic carbocycles. The second-order valence-corrected chi connectivity index (χ2v) is 4.88. The minimum atomic E-state index is -0.308. The number of urea groups is 1. The summed E-state index contributed by atoms with van der Waals surface area (Å²) in [7, 11) is 1.51. The SMILES string of the molecule is COc1ncccc1NC(=O)NCCc1ccc2c(c1)OCO2. The standard InChI is InChI=1S/C16H17N3O4/c1-21-15-12(3-2-7-17-15)19-16(20)18-8-6-11-4-5-13-14(9-11)23-10-22-13/h2-5,7,9H,6,8,10H2,1H3,(H2,18,19,20). The largest absolute Gasteiger partial charge is 0.480 e. The van der Waals surface area contributed by atoms with Crippen molar-refractivity contribution in [3.05, 3.63) is 42.1 Å². The lowest BCUT2D eigenvalue weighted by atomic mass is 10.1. The number of rotatable bonds is 5. The summed E-state index contributed by atoms with van der Waals surface area (Å²) in [6.45, 7) is 0.750. The van der Waals surface area contributed by atoms with Gasteiger partial charge in [0, 0.05) is 12.7 Å². The van der Waals surface area contributed by atoms with Gasteiger partial charge in [-0.05, 0) is 36.2 Å². The van der Waals surface area contributed by atoms with E-state index in [0.717, 1.165) is 17.1 Å². The van der Waals surface area contributed by atoms with E-state index < -0.39 is 0 Å². The second kappa shape index (κ2) is 6.87. The molecule has 0 radical (unpaired) electrons. The molecule has 23 heavy (non-hydrogen) atoms. The van der Waals surface area contributed by atoms with Gasteiger partial charge in [-0.1, -0.05) is 6.07 Å². The van der Waals surface area contributed by atoms with Gasteiger partial charge in [-0.2, -0.15) is 0 Å². The first-order chi connectivity index (χ1) is 11.3. The number of hydrogen-bond acceptors (Lipinski definition) is 5. The van der Waals surface area contributed by atoms with Gasteiger partial charge in [0.2, 0.25) is 12.7 Å². The van der Waals surface area contributed by atoms with Crippen LogP contribution in [0.2, 0.25) is 0 Å². The van der Waals surface area contributed by atoms with E-state index in [0.29, 0.717) is 24.5 Å². The van der Waals surface area contributed by atoms with Crippen LogP contribution >= 0.6 is 0 Å². The summed E-state index contributed by atoms with van der Waals surface area (Å²) in [5.41, 5.74) is 1.59. The number of hydrogen-bond donors (Lipinski definition) is 2. The van der Waals surface area contributed by atoms with E-state index in [2.05, 4.69) is 15.6 Å². The summed E-state index contributed by atoms with van der Waals surface area (Å²) >= 11 is 0. The first-order valence-electron chi connectivity index (χ1n) is 7.18. The zero-order valence-corrected chi connectivity index (χ0v) is 12.7. The molecule has 1 aromatic heterocycles. The van der Waals surface area contributed by atoms with Crippen molar-refractivity contribution in [3.63, 3.8) is 0 Å². The van der Waals surface area contributed by atoms with Gasteiger partial charge >= 0.3 is 6.03 Å². The zero-order chi connectivity index (χ0) is 16.1. The third kappa shape index (κ3) is 3.63. The number of carbonyl (C=O) groups excluding carboxylic acids is 1. The van der Waals surface area contributed by atoms with Crippen molar-refractivity contribution in [1.82, 2.24) is 10.3 Å². The van der Waals surface area contributed by atoms with Crippen LogP contribution in [0.25, 0.3) is 0 Å². The fourth-order valence-electron chi connectivity index (χ4n) is 2.23. The molecule has 0 bridgehead atoms. The second-order valence-electron chi connectivity index (χ2n) is 4.88. The number of anilines is 1. The molecule has 0 spiro atoms. The Labute approximate surface area is 133 Å². The van der Waals surface area contributed by atoms with E-state index in [9.17, 15) is 4.79 Å². The molecule has 1 aromatic carbocycles. The predicted octanol–water partition coefficient (Wildman–Crippen LogP) is 2.18. The van der Waals surface area contributed by atoms with Crippen LogP contribution in [0.1, 0.15) is 5.56 Å². The van der Waals surface area contributed by atoms with Crippen molar-refractivity contribution in [3.8, 4) is 17.4 Å². The highest BCUT2D eigenvalue weighted by molar-refractivity contribution is 5.90. The van der Waals surface area contributed by atoms with E-state index in [-0.39, 0.29) is 12.8 Å². The Hall–Kier alpha value is -2.96. The number of methoxy groups -OCH3 is 1. The van der Waals surface area contributed by atoms with Gasteiger partial charge in [-0.15, -0.1) is 0 Å². The molecule has 0 fully saturated rings. The molecular formula is C16H17N3O4. The highest BCUT2D eigenvalue weighted by Crippen LogP contribution is 2.32. The Bertz CT molecular complexity index is 705. The highest BCUT2D eigenvalue weighted by atomic mass is 16.7. The number of benzene rings is 1. The maximum Gasteiger partial charge on any atom is 0.319 e. The molecule has 0 atom stereocenters. The number of fused-ring (bicyclic) bond motifs is 1. The molecule has 0 saturated carbocycles. The van der Waals surface area contributed by atoms with Gasteiger partial charge in [0.05, 0.1) is 7.11 Å². The molecule has 1 aliphatic rings. The van der Waals surface area contributed by atoms with Crippen molar-refractivity contribution in [1.29, 1.82) is 0 Å². The minimum Gasteiger partial charge on any atom is -0.480 e. The normalized spacial score (nSPS) is 11.9. The van der Waals surface area contributed by atoms with E-state index in [4.69, 9.17) is 14.2 Å². The van der Waals surface area contributed by atoms with Crippen molar-refractivity contribution in [2.75, 3.05) is 25.8 Å². The van der Waals surface area contributed by atoms with Crippen LogP contribution in [-0.2, 0) is 6.42 Å². The third-order valence-electron chi connectivity index (χ3n) is 3.35. The fraction of sp³-hybridized carbons (Fsp3) is 0.250. The molecule has 2 amide bonds. The molecule has 7 nitrogen and oxygen atoms in total. The maximum atomic E-state index is 11.9. The summed E-state index contributed by atoms with van der Waals surface area (Å²) in [5.74, 6) is 1.87. The Balaban J connectivity index is 1.49. The maximum absolute atomic E-state index is 11.9. The quantitative estimate of drug-likeness (QED) is 0.884. The van der Waals surface area contributed by atoms with Crippen LogP contribution < -0.4 is 24.8 Å². The molecule has 3 rings (SSSR count). The van der Waals surface area contributed by atoms with Gasteiger partial charge in [0.25, 0.3) is 0 Å². The smallest absolute Gasteiger partial charge is 0.319 e. The highest BCUT2D eigenvalue weighted by Gasteiger charge is 2.13. The summed E-state index contributed by atoms with van der Waals surface area (Å²) < 4.78 is 15.7. The molecule has 2 heterocycles. The van der Waals surface area contributed by atoms with Crippen molar-refractivity contribution >= 4 is 11.7 Å². The molecule has 1 aliphatic heterocycles. The first kappa shape index (κ1) is 15.0. The first-order valence-corrected chi connectivity index (χ1v) is 7.18. The lowest BCUT2D eigenvalue weighted by molar-refractivity contribution is 0.174. The van der Waals surface area contributed by atoms with Crippen molar-refractivity contribution in [2.24, 2.45) is 0 Å². The molecular weight excluding hydrogens is 298 g/mol. The molecule has 120 valence electrons. The third-order valence-corrected chi connectivity index (χ3v) is 3.35. The summed E-state index contributed by atoms with van der Waals surface area (Å²) in [4.78, 5) is 15.9. The van der Waals surface area contributed by atoms with Gasteiger partial charge < -0.3 is 24.8 Å². The number of ether oxygens (including phenoxy) is 3. The Kier molecular flexibility index (Phi) is 4.46. The average molecular weight is 315 g/mol. The van der Waals surface area contributed by atoms with Crippen molar-refractivity contribution < 1.29 is 19.0 Å². The van der Waals surface area contributed by atoms with Crippen LogP contribution in [-0.4, -0.2) is 31.5 Å². The predicted molar refractivity (Wildman–Crippen MR) is 84.1 cm³/mol. The Morgan fingerprint density at radius 1 is 1.30 bits per heavy atom. The van der Waals surface area contributed by atoms with E-state index >= 15 is 0 Å². The van der Waals surface area contributed by atoms with Gasteiger partial charge in [0.1, 0.15) is 5.69 Å². The number of amides is 2. The summed E-state index contributed by atoms with van der Waals surface area (Å²) in [5, 5.41) is 5.50. The molecule has 2 aromatic rings. The van der Waals surface area contributed by atoms with Gasteiger partial charge in [0.15, 0.2) is 11.5 Å². The average Bonchev–Trinajstić information content (AvgIpc) is 3.03. The van der Waals surface area contributed by atoms with Gasteiger partial charge in [-0.3, -0.25) is 0 Å². The Morgan fingerprint density at radius 3 is 3.04 bits per heavy atom. The van der Waals surface area contributed by atoms with Crippen LogP contribution in [0.3, 0.4) is 0 Å². The topological polar surface area (TPSA) is 81.7 Å². The molecule has 0 saturated heterocycles. The van der Waals surface area contributed by atoms with Gasteiger partial charge in [-0.25, -0.2) is 9.78 Å². The summed E-state index contributed by atoms with van der Waals surface area (Å²) in [6.07, 6.45) is 2.29. The van der Waals surface area contributed by atoms with E-state index in [1.54, 1.807) is 18.3 Å². The molecule has 0 unspecified atom stereocenters. The summed E-state index contributed by atoms with van der Waals surface area (Å²) in [6, 6.07) is 8.90. The van der Waals surface area contributed by atoms with E-state index in [1.165, 1.54) is 7.11 Å². The number of nitrogens with one attached hydrogen (secondary N) is 2. The molecule has 2 N–H and O–H groups in total. The monoisotopic (exact) mass is 315 g/mol. The van der Waals surface area contributed by atoms with Crippen molar-refractivity contribution in [2.45, 2.75) is 6.42 Å². The van der Waals surface area contributed by atoms with E-state index in [1.807, 2.05) is 18.2 Å². The zero-order valence-electron chi connectivity index (χ0n) is 12.7. The number of aromatic nitrogens is 1. The lowest BCUT2D eigenvalue weighted by Crippen LogP contribution is -2.30. The minimum absolute atomic E-state index is 0.256. The van der Waals surface area contributed by atoms with Crippen LogP contribution in [0.4, 0.5) is 10.5 Å².